The van der Waals surface area contributed by atoms with Gasteiger partial charge in [0.05, 0.1) is 40.3 Å². The fraction of sp³-hybridized carbons (Fsp3) is 0.884. The Morgan fingerprint density at radius 3 is 2.04 bits per heavy atom. The van der Waals surface area contributed by atoms with Crippen molar-refractivity contribution < 1.29 is 52.8 Å². The summed E-state index contributed by atoms with van der Waals surface area (Å²) >= 11 is 0. The summed E-state index contributed by atoms with van der Waals surface area (Å²) in [7, 11) is 0. The monoisotopic (exact) mass is 760 g/mol. The van der Waals surface area contributed by atoms with Crippen LogP contribution in [0.5, 0.6) is 0 Å². The van der Waals surface area contributed by atoms with Crippen LogP contribution >= 0.6 is 0 Å². The van der Waals surface area contributed by atoms with E-state index in [0.29, 0.717) is 43.8 Å². The molecule has 0 amide bonds. The molecule has 1 N–H and O–H groups in total. The zero-order valence-corrected chi connectivity index (χ0v) is 34.8. The zero-order valence-electron chi connectivity index (χ0n) is 34.8. The number of rotatable bonds is 15. The van der Waals surface area contributed by atoms with Crippen molar-refractivity contribution in [1.29, 1.82) is 0 Å². The maximum absolute atomic E-state index is 15.0. The van der Waals surface area contributed by atoms with Gasteiger partial charge in [0.25, 0.3) is 0 Å². The standard InChI is InChI=1S/C43H68O11/c1-12-40(8,34(45)46)23-42(10,36(48)53-38(3,4)5)24-41(9,37(49)54-43(11)20-25-17-30(43)28-16-14-15-27(25)28)22-39(6,7)35(47)52-32-19-29-26(21-51-33(29)44)18-31(32)50-13-2/h25-32H,12-24H2,1-11H3,(H,45,46). The number of cyclic esters (lactones) is 1. The van der Waals surface area contributed by atoms with Crippen molar-refractivity contribution in [2.75, 3.05) is 13.2 Å². The summed E-state index contributed by atoms with van der Waals surface area (Å²) in [5, 5.41) is 10.4. The number of aliphatic carboxylic acids is 1. The minimum absolute atomic E-state index is 0.00643. The topological polar surface area (TPSA) is 152 Å². The van der Waals surface area contributed by atoms with E-state index in [1.807, 2.05) is 13.8 Å². The van der Waals surface area contributed by atoms with Crippen LogP contribution in [0, 0.1) is 57.2 Å². The normalized spacial score (nSPS) is 35.1. The second kappa shape index (κ2) is 15.0. The first-order valence-corrected chi connectivity index (χ1v) is 20.6. The number of carbonyl (C=O) groups excluding carboxylic acids is 4. The number of fused-ring (bicyclic) bond motifs is 6. The Kier molecular flexibility index (Phi) is 11.8. The summed E-state index contributed by atoms with van der Waals surface area (Å²) in [6, 6.07) is 0. The second-order valence-electron chi connectivity index (χ2n) is 20.4. The lowest BCUT2D eigenvalue weighted by atomic mass is 9.61. The number of hydrogen-bond donors (Lipinski definition) is 1. The van der Waals surface area contributed by atoms with Gasteiger partial charge in [0, 0.05) is 24.9 Å². The Hall–Kier alpha value is -2.69. The van der Waals surface area contributed by atoms with Gasteiger partial charge >= 0.3 is 29.8 Å². The minimum Gasteiger partial charge on any atom is -0.481 e. The molecule has 11 nitrogen and oxygen atoms in total. The molecule has 1 aliphatic heterocycles. The lowest BCUT2D eigenvalue weighted by Crippen LogP contribution is -2.51. The van der Waals surface area contributed by atoms with Crippen molar-refractivity contribution in [1.82, 2.24) is 0 Å². The molecule has 12 atom stereocenters. The molecule has 306 valence electrons. The summed E-state index contributed by atoms with van der Waals surface area (Å²) in [4.78, 5) is 68.9. The minimum atomic E-state index is -1.45. The SMILES string of the molecule is CCOC1CC2COC(=O)C2CC1OC(=O)C(C)(C)CC(C)(CC(C)(CC(C)(CC)C(=O)O)C(=O)OC(C)(C)C)C(=O)OC1(C)CC2CC1C1CCCC21. The van der Waals surface area contributed by atoms with Crippen LogP contribution in [0.4, 0.5) is 0 Å². The Bertz CT molecular complexity index is 1460. The number of esters is 4. The summed E-state index contributed by atoms with van der Waals surface area (Å²) in [5.74, 6) is -1.38. The van der Waals surface area contributed by atoms with E-state index in [9.17, 15) is 24.3 Å². The van der Waals surface area contributed by atoms with Crippen LogP contribution in [-0.2, 0) is 47.7 Å². The first-order valence-electron chi connectivity index (χ1n) is 20.6. The van der Waals surface area contributed by atoms with Gasteiger partial charge in [-0.3, -0.25) is 24.0 Å². The largest absolute Gasteiger partial charge is 0.481 e. The Labute approximate surface area is 322 Å². The van der Waals surface area contributed by atoms with Crippen LogP contribution in [0.15, 0.2) is 0 Å². The fourth-order valence-electron chi connectivity index (χ4n) is 11.6. The van der Waals surface area contributed by atoms with E-state index in [1.165, 1.54) is 12.8 Å². The van der Waals surface area contributed by atoms with Gasteiger partial charge in [-0.2, -0.15) is 0 Å². The predicted molar refractivity (Wildman–Crippen MR) is 200 cm³/mol. The first-order chi connectivity index (χ1) is 24.9. The van der Waals surface area contributed by atoms with E-state index in [1.54, 1.807) is 62.3 Å². The lowest BCUT2D eigenvalue weighted by Gasteiger charge is -2.46. The summed E-state index contributed by atoms with van der Waals surface area (Å²) in [5.41, 5.74) is -7.00. The third-order valence-corrected chi connectivity index (χ3v) is 14.1. The molecule has 54 heavy (non-hydrogen) atoms. The van der Waals surface area contributed by atoms with Gasteiger partial charge in [-0.1, -0.05) is 13.3 Å². The molecule has 4 saturated carbocycles. The smallest absolute Gasteiger partial charge is 0.312 e. The molecule has 2 bridgehead atoms. The van der Waals surface area contributed by atoms with Crippen molar-refractivity contribution in [3.05, 3.63) is 0 Å². The van der Waals surface area contributed by atoms with E-state index in [2.05, 4.69) is 0 Å². The van der Waals surface area contributed by atoms with Crippen LogP contribution in [0.25, 0.3) is 0 Å². The van der Waals surface area contributed by atoms with Crippen LogP contribution in [0.1, 0.15) is 147 Å². The van der Waals surface area contributed by atoms with E-state index >= 15 is 4.79 Å². The number of carboxylic acids is 1. The summed E-state index contributed by atoms with van der Waals surface area (Å²) < 4.78 is 30.2. The molecule has 0 aromatic carbocycles. The van der Waals surface area contributed by atoms with Gasteiger partial charge in [0.15, 0.2) is 0 Å². The lowest BCUT2D eigenvalue weighted by molar-refractivity contribution is -0.190. The van der Waals surface area contributed by atoms with E-state index in [0.717, 1.165) is 19.3 Å². The Morgan fingerprint density at radius 1 is 0.796 bits per heavy atom. The van der Waals surface area contributed by atoms with Crippen LogP contribution in [0.2, 0.25) is 0 Å². The van der Waals surface area contributed by atoms with Gasteiger partial charge in [0.2, 0.25) is 0 Å². The third kappa shape index (κ3) is 8.36. The molecule has 0 aromatic heterocycles. The molecule has 4 aliphatic carbocycles. The van der Waals surface area contributed by atoms with E-state index < -0.39 is 68.9 Å². The van der Waals surface area contributed by atoms with Crippen molar-refractivity contribution in [2.24, 2.45) is 57.2 Å². The molecule has 5 fully saturated rings. The third-order valence-electron chi connectivity index (χ3n) is 14.1. The zero-order chi connectivity index (χ0) is 40.2. The highest BCUT2D eigenvalue weighted by molar-refractivity contribution is 5.84. The van der Waals surface area contributed by atoms with Gasteiger partial charge in [-0.05, 0) is 145 Å². The number of ether oxygens (including phenoxy) is 5. The molecule has 5 aliphatic rings. The van der Waals surface area contributed by atoms with Gasteiger partial charge in [-0.15, -0.1) is 0 Å². The van der Waals surface area contributed by atoms with Crippen molar-refractivity contribution >= 4 is 29.8 Å². The highest BCUT2D eigenvalue weighted by atomic mass is 16.6. The van der Waals surface area contributed by atoms with Crippen molar-refractivity contribution in [3.8, 4) is 0 Å². The maximum Gasteiger partial charge on any atom is 0.312 e. The highest BCUT2D eigenvalue weighted by Gasteiger charge is 2.62. The van der Waals surface area contributed by atoms with Crippen molar-refractivity contribution in [2.45, 2.75) is 170 Å². The van der Waals surface area contributed by atoms with Crippen molar-refractivity contribution in [3.63, 3.8) is 0 Å². The number of hydrogen-bond acceptors (Lipinski definition) is 10. The van der Waals surface area contributed by atoms with Gasteiger partial charge < -0.3 is 28.8 Å². The second-order valence-corrected chi connectivity index (χ2v) is 20.4. The molecular weight excluding hydrogens is 692 g/mol. The van der Waals surface area contributed by atoms with Crippen LogP contribution in [-0.4, -0.2) is 71.6 Å². The molecular formula is C43H68O11. The molecule has 12 unspecified atom stereocenters. The fourth-order valence-corrected chi connectivity index (χ4v) is 11.6. The number of carbonyl (C=O) groups is 5. The predicted octanol–water partition coefficient (Wildman–Crippen LogP) is 7.70. The van der Waals surface area contributed by atoms with Gasteiger partial charge in [-0.25, -0.2) is 0 Å². The molecule has 1 saturated heterocycles. The molecule has 5 rings (SSSR count). The number of carboxylic acid groups (broad SMARTS) is 1. The molecule has 0 radical (unpaired) electrons. The summed E-state index contributed by atoms with van der Waals surface area (Å²) in [6.45, 7) is 20.2. The summed E-state index contributed by atoms with van der Waals surface area (Å²) in [6.07, 6.45) is 5.14. The molecule has 0 aromatic rings. The average Bonchev–Trinajstić information content (AvgIpc) is 3.82. The molecule has 0 spiro atoms. The van der Waals surface area contributed by atoms with Gasteiger partial charge in [0.1, 0.15) is 17.3 Å². The van der Waals surface area contributed by atoms with E-state index in [4.69, 9.17) is 23.7 Å². The maximum atomic E-state index is 15.0. The Balaban J connectivity index is 1.48. The molecule has 11 heteroatoms. The Morgan fingerprint density at radius 2 is 1.43 bits per heavy atom. The van der Waals surface area contributed by atoms with Crippen LogP contribution < -0.4 is 0 Å². The van der Waals surface area contributed by atoms with Crippen LogP contribution in [0.3, 0.4) is 0 Å². The quantitative estimate of drug-likeness (QED) is 0.129. The molecule has 1 heterocycles. The highest BCUT2D eigenvalue weighted by Crippen LogP contribution is 2.64. The average molecular weight is 761 g/mol. The first kappa shape index (κ1) is 42.5. The van der Waals surface area contributed by atoms with E-state index in [-0.39, 0.29) is 49.4 Å².